The van der Waals surface area contributed by atoms with Crippen LogP contribution in [0.5, 0.6) is 0 Å². The van der Waals surface area contributed by atoms with Crippen LogP contribution < -0.4 is 16.4 Å². The number of benzene rings is 8. The summed E-state index contributed by atoms with van der Waals surface area (Å²) in [6.45, 7) is 6.69. The number of hydrogen-bond acceptors (Lipinski definition) is 4. The van der Waals surface area contributed by atoms with Gasteiger partial charge in [-0.2, -0.15) is 0 Å². The molecule has 62 heavy (non-hydrogen) atoms. The molecule has 11 aromatic rings. The van der Waals surface area contributed by atoms with Crippen LogP contribution in [0.2, 0.25) is 0 Å². The van der Waals surface area contributed by atoms with Crippen LogP contribution in [-0.4, -0.2) is 11.7 Å². The van der Waals surface area contributed by atoms with Gasteiger partial charge in [-0.1, -0.05) is 134 Å². The Hall–Kier alpha value is -7.38. The number of furan rings is 1. The number of aliphatic imine (C=N–C) groups is 2. The zero-order valence-corrected chi connectivity index (χ0v) is 35.6. The molecule has 6 heteroatoms. The average molecular weight is 834 g/mol. The molecule has 0 saturated heterocycles. The van der Waals surface area contributed by atoms with Crippen LogP contribution in [0.15, 0.2) is 197 Å². The first-order valence-electron chi connectivity index (χ1n) is 20.7. The van der Waals surface area contributed by atoms with Crippen molar-refractivity contribution in [2.45, 2.75) is 13.5 Å². The van der Waals surface area contributed by atoms with Gasteiger partial charge in [0.1, 0.15) is 16.8 Å². The topological polar surface area (TPSA) is 63.9 Å². The number of nitrogens with two attached hydrogens (primary N) is 1. The van der Waals surface area contributed by atoms with E-state index >= 15 is 0 Å². The Balaban J connectivity index is 1.05. The summed E-state index contributed by atoms with van der Waals surface area (Å²) in [4.78, 5) is 10.1. The number of amidine groups is 2. The van der Waals surface area contributed by atoms with E-state index in [1.165, 1.54) is 51.5 Å². The Labute approximate surface area is 366 Å². The number of rotatable bonds is 7. The van der Waals surface area contributed by atoms with Crippen molar-refractivity contribution in [2.75, 3.05) is 0 Å². The Kier molecular flexibility index (Phi) is 9.45. The monoisotopic (exact) mass is 833 g/mol. The van der Waals surface area contributed by atoms with E-state index in [0.29, 0.717) is 29.2 Å². The molecule has 0 bridgehead atoms. The number of thiophene rings is 2. The molecule has 0 unspecified atom stereocenters. The minimum atomic E-state index is 0.309. The third-order valence-electron chi connectivity index (χ3n) is 11.7. The summed E-state index contributed by atoms with van der Waals surface area (Å²) >= 11 is 3.69. The van der Waals surface area contributed by atoms with Crippen molar-refractivity contribution >= 4 is 108 Å². The predicted molar refractivity (Wildman–Crippen MR) is 268 cm³/mol. The molecule has 3 aromatic heterocycles. The van der Waals surface area contributed by atoms with Gasteiger partial charge in [0.05, 0.1) is 6.54 Å². The molecule has 296 valence electrons. The van der Waals surface area contributed by atoms with Crippen molar-refractivity contribution in [1.82, 2.24) is 0 Å². The van der Waals surface area contributed by atoms with Crippen molar-refractivity contribution in [3.63, 3.8) is 0 Å². The molecular weight excluding hydrogens is 795 g/mol. The van der Waals surface area contributed by atoms with Crippen molar-refractivity contribution in [3.8, 4) is 22.3 Å². The fraction of sp³-hybridized carbons (Fsp3) is 0.0357. The van der Waals surface area contributed by atoms with Gasteiger partial charge in [0.15, 0.2) is 5.84 Å². The van der Waals surface area contributed by atoms with Crippen molar-refractivity contribution in [2.24, 2.45) is 15.7 Å². The van der Waals surface area contributed by atoms with Crippen LogP contribution in [0.4, 0.5) is 0 Å². The SMILES string of the molecule is C=C/C(C(N)=NC(=NCc1ccccc1)c1ccc2ccccc2c1)=c1\c(=C/C)oc2ccc(-c3cccc4sc5ccc(-c6ccc7c(c6)sc6ccccc67)cc5c34)cc12. The van der Waals surface area contributed by atoms with Crippen LogP contribution >= 0.6 is 22.7 Å². The van der Waals surface area contributed by atoms with E-state index in [1.54, 1.807) is 6.08 Å². The maximum absolute atomic E-state index is 7.05. The lowest BCUT2D eigenvalue weighted by Gasteiger charge is -2.08. The van der Waals surface area contributed by atoms with Gasteiger partial charge in [0.25, 0.3) is 0 Å². The van der Waals surface area contributed by atoms with Gasteiger partial charge < -0.3 is 10.2 Å². The van der Waals surface area contributed by atoms with Gasteiger partial charge in [-0.25, -0.2) is 4.99 Å². The molecule has 4 nitrogen and oxygen atoms in total. The van der Waals surface area contributed by atoms with Crippen LogP contribution in [-0.2, 0) is 6.54 Å². The summed E-state index contributed by atoms with van der Waals surface area (Å²) < 4.78 is 11.6. The summed E-state index contributed by atoms with van der Waals surface area (Å²) in [7, 11) is 0. The molecule has 0 amide bonds. The second kappa shape index (κ2) is 15.6. The maximum atomic E-state index is 7.05. The standard InChI is InChI=1S/C56H39N3OS2/c1-3-41(55(57)59-56(58-33-34-13-6-5-7-14-34)40-22-21-35-15-8-9-16-36(35)29-40)53-45-31-39(24-27-48(45)60-47(53)4-2)42-18-12-20-51-54(42)46-30-37(25-28-50(46)61-51)38-23-26-44-43-17-10-11-19-49(43)62-52(44)32-38/h3-32H,1,33H2,2H3,(H2,57,58,59)/b47-4+,53-41+. The summed E-state index contributed by atoms with van der Waals surface area (Å²) in [6.07, 6.45) is 3.76. The van der Waals surface area contributed by atoms with E-state index in [0.717, 1.165) is 49.2 Å². The molecule has 11 rings (SSSR count). The number of hydrogen-bond donors (Lipinski definition) is 1. The highest BCUT2D eigenvalue weighted by atomic mass is 32.1. The normalized spacial score (nSPS) is 13.3. The maximum Gasteiger partial charge on any atom is 0.157 e. The van der Waals surface area contributed by atoms with Gasteiger partial charge in [-0.15, -0.1) is 22.7 Å². The molecule has 0 aliphatic carbocycles. The molecule has 2 N–H and O–H groups in total. The fourth-order valence-electron chi connectivity index (χ4n) is 8.70. The molecule has 8 aromatic carbocycles. The Morgan fingerprint density at radius 2 is 1.32 bits per heavy atom. The highest BCUT2D eigenvalue weighted by molar-refractivity contribution is 7.26. The van der Waals surface area contributed by atoms with Crippen LogP contribution in [0.1, 0.15) is 18.1 Å². The Morgan fingerprint density at radius 3 is 2.19 bits per heavy atom. The molecule has 3 heterocycles. The first-order valence-corrected chi connectivity index (χ1v) is 22.3. The summed E-state index contributed by atoms with van der Waals surface area (Å²) in [6, 6.07) is 60.3. The van der Waals surface area contributed by atoms with Crippen molar-refractivity contribution < 1.29 is 4.42 Å². The predicted octanol–water partition coefficient (Wildman–Crippen LogP) is 13.8. The summed E-state index contributed by atoms with van der Waals surface area (Å²) in [5, 5.41) is 9.15. The minimum Gasteiger partial charge on any atom is -0.456 e. The summed E-state index contributed by atoms with van der Waals surface area (Å²) in [5.41, 5.74) is 15.8. The van der Waals surface area contributed by atoms with E-state index in [9.17, 15) is 0 Å². The number of fused-ring (bicyclic) bond motifs is 8. The van der Waals surface area contributed by atoms with E-state index in [4.69, 9.17) is 20.1 Å². The highest BCUT2D eigenvalue weighted by Gasteiger charge is 2.17. The first-order chi connectivity index (χ1) is 30.5. The summed E-state index contributed by atoms with van der Waals surface area (Å²) in [5.74, 6) is 0.856. The van der Waals surface area contributed by atoms with Crippen LogP contribution in [0.3, 0.4) is 0 Å². The molecule has 0 spiro atoms. The second-order valence-corrected chi connectivity index (χ2v) is 17.6. The quantitative estimate of drug-likeness (QED) is 0.128. The van der Waals surface area contributed by atoms with E-state index < -0.39 is 0 Å². The number of nitrogens with zero attached hydrogens (tertiary/aromatic N) is 2. The average Bonchev–Trinajstić information content (AvgIpc) is 4.01. The minimum absolute atomic E-state index is 0.309. The molecule has 0 aliphatic heterocycles. The van der Waals surface area contributed by atoms with Crippen LogP contribution in [0, 0.1) is 0 Å². The Morgan fingerprint density at radius 1 is 0.613 bits per heavy atom. The third kappa shape index (κ3) is 6.61. The van der Waals surface area contributed by atoms with E-state index in [-0.39, 0.29) is 0 Å². The molecule has 0 fully saturated rings. The fourth-order valence-corrected chi connectivity index (χ4v) is 11.0. The highest BCUT2D eigenvalue weighted by Crippen LogP contribution is 2.43. The van der Waals surface area contributed by atoms with Gasteiger partial charge >= 0.3 is 0 Å². The van der Waals surface area contributed by atoms with Gasteiger partial charge in [0, 0.05) is 62.1 Å². The van der Waals surface area contributed by atoms with Crippen LogP contribution in [0.25, 0.3) is 96.0 Å². The Bertz CT molecular complexity index is 3770. The molecular formula is C56H39N3OS2. The largest absolute Gasteiger partial charge is 0.456 e. The van der Waals surface area contributed by atoms with Gasteiger partial charge in [-0.05, 0) is 100 Å². The van der Waals surface area contributed by atoms with Gasteiger partial charge in [-0.3, -0.25) is 4.99 Å². The smallest absolute Gasteiger partial charge is 0.157 e. The van der Waals surface area contributed by atoms with E-state index in [1.807, 2.05) is 66.0 Å². The molecule has 0 atom stereocenters. The zero-order valence-electron chi connectivity index (χ0n) is 33.9. The lowest BCUT2D eigenvalue weighted by atomic mass is 9.96. The van der Waals surface area contributed by atoms with E-state index in [2.05, 4.69) is 146 Å². The lowest BCUT2D eigenvalue weighted by molar-refractivity contribution is 0.575. The zero-order chi connectivity index (χ0) is 41.7. The molecule has 0 saturated carbocycles. The molecule has 0 radical (unpaired) electrons. The van der Waals surface area contributed by atoms with Crippen molar-refractivity contribution in [3.05, 3.63) is 204 Å². The first kappa shape index (κ1) is 37.6. The lowest BCUT2D eigenvalue weighted by Crippen LogP contribution is -2.29. The second-order valence-electron chi connectivity index (χ2n) is 15.4. The molecule has 0 aliphatic rings. The third-order valence-corrected chi connectivity index (χ3v) is 14.0. The van der Waals surface area contributed by atoms with Crippen molar-refractivity contribution in [1.29, 1.82) is 0 Å². The van der Waals surface area contributed by atoms with Gasteiger partial charge in [0.2, 0.25) is 0 Å².